The molecule has 0 radical (unpaired) electrons. The number of anilines is 1. The molecule has 0 fully saturated rings. The van der Waals surface area contributed by atoms with Crippen molar-refractivity contribution in [1.82, 2.24) is 29.5 Å². The lowest BCUT2D eigenvalue weighted by Gasteiger charge is -2.08. The van der Waals surface area contributed by atoms with E-state index in [0.717, 1.165) is 11.3 Å². The van der Waals surface area contributed by atoms with Gasteiger partial charge in [0.15, 0.2) is 5.65 Å². The van der Waals surface area contributed by atoms with Crippen molar-refractivity contribution in [3.8, 4) is 17.7 Å². The summed E-state index contributed by atoms with van der Waals surface area (Å²) in [6.45, 7) is 0. The summed E-state index contributed by atoms with van der Waals surface area (Å²) in [6.07, 6.45) is 4.17. The first kappa shape index (κ1) is 20.8. The Labute approximate surface area is 192 Å². The lowest BCUT2D eigenvalue weighted by atomic mass is 10.3. The van der Waals surface area contributed by atoms with Gasteiger partial charge in [0.1, 0.15) is 17.7 Å². The number of carbonyl (C=O) groups is 1. The third kappa shape index (κ3) is 3.72. The fourth-order valence-electron chi connectivity index (χ4n) is 3.07. The normalized spacial score (nSPS) is 10.8. The monoisotopic (exact) mass is 475 g/mol. The van der Waals surface area contributed by atoms with Gasteiger partial charge < -0.3 is 5.32 Å². The molecule has 0 aliphatic heterocycles. The predicted octanol–water partition coefficient (Wildman–Crippen LogP) is 3.23. The first-order chi connectivity index (χ1) is 16.4. The van der Waals surface area contributed by atoms with Crippen LogP contribution in [0.4, 0.5) is 15.2 Å². The number of rotatable bonds is 5. The van der Waals surface area contributed by atoms with Crippen LogP contribution in [0.25, 0.3) is 22.7 Å². The van der Waals surface area contributed by atoms with Gasteiger partial charge in [-0.05, 0) is 30.3 Å². The summed E-state index contributed by atoms with van der Waals surface area (Å²) in [4.78, 5) is 32.1. The molecule has 0 aliphatic carbocycles. The number of nitrogens with one attached hydrogen (secondary N) is 1. The molecule has 4 heterocycles. The van der Waals surface area contributed by atoms with Gasteiger partial charge in [0.05, 0.1) is 45.0 Å². The number of hydrogen-bond acceptors (Lipinski definition) is 9. The number of hydrogen-bond donors (Lipinski definition) is 1. The van der Waals surface area contributed by atoms with Crippen LogP contribution in [-0.4, -0.2) is 40.4 Å². The summed E-state index contributed by atoms with van der Waals surface area (Å²) >= 11 is 0.720. The van der Waals surface area contributed by atoms with Crippen LogP contribution in [0.5, 0.6) is 0 Å². The second-order valence-electron chi connectivity index (χ2n) is 6.78. The zero-order valence-corrected chi connectivity index (χ0v) is 17.6. The van der Waals surface area contributed by atoms with E-state index in [0.29, 0.717) is 11.1 Å². The van der Waals surface area contributed by atoms with Crippen molar-refractivity contribution >= 4 is 39.1 Å². The van der Waals surface area contributed by atoms with E-state index < -0.39 is 16.6 Å². The van der Waals surface area contributed by atoms with Crippen molar-refractivity contribution in [3.63, 3.8) is 0 Å². The number of halogens is 1. The van der Waals surface area contributed by atoms with E-state index in [1.165, 1.54) is 64.4 Å². The molecule has 0 spiro atoms. The molecule has 5 rings (SSSR count). The predicted molar refractivity (Wildman–Crippen MR) is 117 cm³/mol. The van der Waals surface area contributed by atoms with Gasteiger partial charge in [0, 0.05) is 6.07 Å². The summed E-state index contributed by atoms with van der Waals surface area (Å²) in [5.41, 5.74) is 1.05. The molecule has 0 saturated heterocycles. The van der Waals surface area contributed by atoms with Gasteiger partial charge in [-0.3, -0.25) is 14.9 Å². The molecule has 166 valence electrons. The number of carbonyl (C=O) groups excluding carboxylic acids is 1. The summed E-state index contributed by atoms with van der Waals surface area (Å²) in [7, 11) is 0. The van der Waals surface area contributed by atoms with Crippen LogP contribution in [0, 0.1) is 27.3 Å². The molecule has 1 N–H and O–H groups in total. The maximum absolute atomic E-state index is 13.4. The molecule has 34 heavy (non-hydrogen) atoms. The Morgan fingerprint density at radius 2 is 1.94 bits per heavy atom. The topological polar surface area (TPSA) is 157 Å². The zero-order chi connectivity index (χ0) is 23.8. The number of aromatic nitrogens is 6. The van der Waals surface area contributed by atoms with E-state index in [4.69, 9.17) is 5.26 Å². The van der Waals surface area contributed by atoms with E-state index in [-0.39, 0.29) is 32.9 Å². The Morgan fingerprint density at radius 1 is 1.15 bits per heavy atom. The van der Waals surface area contributed by atoms with E-state index >= 15 is 0 Å². The highest BCUT2D eigenvalue weighted by Gasteiger charge is 2.20. The minimum absolute atomic E-state index is 0.0327. The number of nitrogens with zero attached hydrogens (tertiary/aromatic N) is 8. The number of benzene rings is 1. The van der Waals surface area contributed by atoms with Crippen molar-refractivity contribution in [2.24, 2.45) is 0 Å². The molecule has 14 heteroatoms. The number of fused-ring (bicyclic) bond motifs is 1. The fourth-order valence-corrected chi connectivity index (χ4v) is 3.79. The van der Waals surface area contributed by atoms with Crippen molar-refractivity contribution in [2.45, 2.75) is 0 Å². The molecular formula is C20H10FN9O3S. The van der Waals surface area contributed by atoms with Crippen LogP contribution in [0.1, 0.15) is 15.2 Å². The van der Waals surface area contributed by atoms with Gasteiger partial charge in [0.2, 0.25) is 0 Å². The van der Waals surface area contributed by atoms with Crippen LogP contribution < -0.4 is 5.32 Å². The number of nitro groups is 1. The second-order valence-corrected chi connectivity index (χ2v) is 7.84. The maximum atomic E-state index is 13.4. The molecule has 0 atom stereocenters. The summed E-state index contributed by atoms with van der Waals surface area (Å²) in [5.74, 6) is -0.931. The van der Waals surface area contributed by atoms with Crippen LogP contribution in [0.3, 0.4) is 0 Å². The Hall–Kier alpha value is -5.03. The molecule has 1 aromatic carbocycles. The van der Waals surface area contributed by atoms with Crippen LogP contribution >= 0.6 is 11.3 Å². The van der Waals surface area contributed by atoms with Crippen molar-refractivity contribution in [2.75, 3.05) is 5.32 Å². The molecule has 0 unspecified atom stereocenters. The highest BCUT2D eigenvalue weighted by atomic mass is 32.1. The van der Waals surface area contributed by atoms with Crippen LogP contribution in [0.15, 0.2) is 55.0 Å². The Balaban J connectivity index is 1.63. The molecule has 0 bridgehead atoms. The molecular weight excluding hydrogens is 465 g/mol. The zero-order valence-electron chi connectivity index (χ0n) is 16.8. The Kier molecular flexibility index (Phi) is 5.00. The van der Waals surface area contributed by atoms with Crippen molar-refractivity contribution in [1.29, 1.82) is 5.26 Å². The van der Waals surface area contributed by atoms with Crippen molar-refractivity contribution < 1.29 is 14.1 Å². The standard InChI is InChI=1S/C20H10FN9O3S/c21-12-1-3-13(4-2-12)29-18-14(9-24-29)17(25-19(31)15-5-6-16(34-15)30(32)33)26-20(27-18)28-10-11(7-22)8-23-28/h1-6,8-10H,(H,25,26,27,31). The minimum atomic E-state index is -0.614. The number of nitriles is 1. The van der Waals surface area contributed by atoms with Gasteiger partial charge in [-0.15, -0.1) is 0 Å². The lowest BCUT2D eigenvalue weighted by Crippen LogP contribution is -2.14. The summed E-state index contributed by atoms with van der Waals surface area (Å²) < 4.78 is 16.1. The van der Waals surface area contributed by atoms with Gasteiger partial charge in [-0.25, -0.2) is 13.8 Å². The highest BCUT2D eigenvalue weighted by Crippen LogP contribution is 2.27. The average molecular weight is 475 g/mol. The SMILES string of the molecule is N#Cc1cnn(-c2nc(NC(=O)c3ccc([N+](=O)[O-])s3)c3cnn(-c4ccc(F)cc4)c3n2)c1. The molecule has 5 aromatic rings. The first-order valence-electron chi connectivity index (χ1n) is 9.45. The minimum Gasteiger partial charge on any atom is -0.305 e. The molecule has 0 aliphatic rings. The molecule has 12 nitrogen and oxygen atoms in total. The Morgan fingerprint density at radius 3 is 2.62 bits per heavy atom. The van der Waals surface area contributed by atoms with E-state index in [9.17, 15) is 19.3 Å². The van der Waals surface area contributed by atoms with Gasteiger partial charge in [0.25, 0.3) is 11.9 Å². The van der Waals surface area contributed by atoms with E-state index in [2.05, 4.69) is 25.5 Å². The maximum Gasteiger partial charge on any atom is 0.324 e. The first-order valence-corrected chi connectivity index (χ1v) is 10.3. The summed E-state index contributed by atoms with van der Waals surface area (Å²) in [6, 6.07) is 10.1. The number of thiophene rings is 1. The van der Waals surface area contributed by atoms with E-state index in [1.54, 1.807) is 0 Å². The molecule has 0 saturated carbocycles. The fraction of sp³-hybridized carbons (Fsp3) is 0. The largest absolute Gasteiger partial charge is 0.324 e. The Bertz CT molecular complexity index is 1610. The molecule has 1 amide bonds. The van der Waals surface area contributed by atoms with Crippen LogP contribution in [-0.2, 0) is 0 Å². The smallest absolute Gasteiger partial charge is 0.305 e. The number of amides is 1. The molecule has 4 aromatic heterocycles. The average Bonchev–Trinajstić information content (AvgIpc) is 3.58. The third-order valence-electron chi connectivity index (χ3n) is 4.63. The summed E-state index contributed by atoms with van der Waals surface area (Å²) in [5, 5.41) is 31.2. The second kappa shape index (κ2) is 8.15. The third-order valence-corrected chi connectivity index (χ3v) is 5.67. The lowest BCUT2D eigenvalue weighted by molar-refractivity contribution is -0.380. The quantitative estimate of drug-likeness (QED) is 0.300. The van der Waals surface area contributed by atoms with Crippen LogP contribution in [0.2, 0.25) is 0 Å². The highest BCUT2D eigenvalue weighted by molar-refractivity contribution is 7.17. The van der Waals surface area contributed by atoms with Gasteiger partial charge in [-0.1, -0.05) is 11.3 Å². The van der Waals surface area contributed by atoms with Gasteiger partial charge >= 0.3 is 5.00 Å². The van der Waals surface area contributed by atoms with Crippen molar-refractivity contribution in [3.05, 3.63) is 81.4 Å². The van der Waals surface area contributed by atoms with Gasteiger partial charge in [-0.2, -0.15) is 25.4 Å². The van der Waals surface area contributed by atoms with E-state index in [1.807, 2.05) is 6.07 Å².